The summed E-state index contributed by atoms with van der Waals surface area (Å²) in [7, 11) is -2.40. The number of aryl methyl sites for hydroxylation is 1. The number of fused-ring (bicyclic) bond motifs is 1. The zero-order valence-electron chi connectivity index (χ0n) is 18.8. The average molecular weight is 477 g/mol. The molecule has 4 aromatic rings. The van der Waals surface area contributed by atoms with Crippen LogP contribution in [0.1, 0.15) is 21.5 Å². The highest BCUT2D eigenvalue weighted by atomic mass is 32.2. The van der Waals surface area contributed by atoms with E-state index >= 15 is 0 Å². The standard InChI is InChI=1S/C26H24N2O5S/c1-18-8-7-9-19(14-18)17-34(31,32)24-15-28(23-13-6-4-11-21(23)24)16-25(29)27-22-12-5-3-10-20(22)26(30)33-2/h3-15H,16-17H2,1-2H3,(H,27,29). The number of hydrogen-bond acceptors (Lipinski definition) is 5. The molecule has 1 heterocycles. The lowest BCUT2D eigenvalue weighted by atomic mass is 10.2. The highest BCUT2D eigenvalue weighted by Gasteiger charge is 2.23. The molecule has 0 aliphatic carbocycles. The van der Waals surface area contributed by atoms with Gasteiger partial charge in [-0.2, -0.15) is 0 Å². The zero-order valence-corrected chi connectivity index (χ0v) is 19.6. The Morgan fingerprint density at radius 2 is 1.71 bits per heavy atom. The number of sulfone groups is 1. The maximum atomic E-state index is 13.3. The van der Waals surface area contributed by atoms with E-state index in [0.717, 1.165) is 5.56 Å². The number of nitrogens with one attached hydrogen (secondary N) is 1. The molecule has 7 nitrogen and oxygen atoms in total. The third kappa shape index (κ3) is 4.87. The lowest BCUT2D eigenvalue weighted by Crippen LogP contribution is -2.20. The van der Waals surface area contributed by atoms with E-state index in [0.29, 0.717) is 22.2 Å². The number of esters is 1. The fourth-order valence-electron chi connectivity index (χ4n) is 3.92. The number of hydrogen-bond donors (Lipinski definition) is 1. The number of aromatic nitrogens is 1. The van der Waals surface area contributed by atoms with Crippen LogP contribution in [0.4, 0.5) is 5.69 Å². The number of rotatable bonds is 7. The second-order valence-corrected chi connectivity index (χ2v) is 9.93. The van der Waals surface area contributed by atoms with Crippen LogP contribution in [0.2, 0.25) is 0 Å². The molecule has 0 saturated carbocycles. The third-order valence-electron chi connectivity index (χ3n) is 5.45. The highest BCUT2D eigenvalue weighted by Crippen LogP contribution is 2.28. The molecule has 0 fully saturated rings. The summed E-state index contributed by atoms with van der Waals surface area (Å²) in [6.07, 6.45) is 1.50. The summed E-state index contributed by atoms with van der Waals surface area (Å²) in [5.41, 5.74) is 2.87. The molecule has 0 spiro atoms. The summed E-state index contributed by atoms with van der Waals surface area (Å²) in [6, 6.07) is 21.0. The van der Waals surface area contributed by atoms with Gasteiger partial charge in [-0.15, -0.1) is 0 Å². The van der Waals surface area contributed by atoms with Gasteiger partial charge in [0.25, 0.3) is 0 Å². The minimum absolute atomic E-state index is 0.129. The summed E-state index contributed by atoms with van der Waals surface area (Å²) in [6.45, 7) is 1.79. The monoisotopic (exact) mass is 476 g/mol. The van der Waals surface area contributed by atoms with Crippen LogP contribution < -0.4 is 5.32 Å². The summed E-state index contributed by atoms with van der Waals surface area (Å²) in [5.74, 6) is -1.10. The number of amides is 1. The molecule has 3 aromatic carbocycles. The van der Waals surface area contributed by atoms with E-state index in [9.17, 15) is 18.0 Å². The van der Waals surface area contributed by atoms with Crippen molar-refractivity contribution in [3.05, 3.63) is 95.7 Å². The molecule has 0 radical (unpaired) electrons. The Bertz CT molecular complexity index is 1490. The van der Waals surface area contributed by atoms with Crippen molar-refractivity contribution in [1.82, 2.24) is 4.57 Å². The van der Waals surface area contributed by atoms with E-state index in [4.69, 9.17) is 4.74 Å². The molecule has 0 unspecified atom stereocenters. The highest BCUT2D eigenvalue weighted by molar-refractivity contribution is 7.90. The average Bonchev–Trinajstić information content (AvgIpc) is 3.18. The van der Waals surface area contributed by atoms with Gasteiger partial charge in [0, 0.05) is 17.1 Å². The van der Waals surface area contributed by atoms with Crippen molar-refractivity contribution in [3.8, 4) is 0 Å². The largest absolute Gasteiger partial charge is 0.465 e. The van der Waals surface area contributed by atoms with Crippen LogP contribution in [0.5, 0.6) is 0 Å². The lowest BCUT2D eigenvalue weighted by Gasteiger charge is -2.10. The first-order valence-corrected chi connectivity index (χ1v) is 12.3. The van der Waals surface area contributed by atoms with Gasteiger partial charge in [0.2, 0.25) is 5.91 Å². The van der Waals surface area contributed by atoms with Gasteiger partial charge in [-0.05, 0) is 30.7 Å². The Labute approximate surface area is 197 Å². The number of nitrogens with zero attached hydrogens (tertiary/aromatic N) is 1. The second-order valence-electron chi connectivity index (χ2n) is 7.97. The van der Waals surface area contributed by atoms with Gasteiger partial charge in [-0.25, -0.2) is 13.2 Å². The Morgan fingerprint density at radius 3 is 2.47 bits per heavy atom. The predicted molar refractivity (Wildman–Crippen MR) is 130 cm³/mol. The van der Waals surface area contributed by atoms with E-state index < -0.39 is 21.7 Å². The number of para-hydroxylation sites is 2. The molecule has 0 aliphatic heterocycles. The van der Waals surface area contributed by atoms with E-state index in [1.807, 2.05) is 25.1 Å². The van der Waals surface area contributed by atoms with Gasteiger partial charge >= 0.3 is 5.97 Å². The molecule has 8 heteroatoms. The van der Waals surface area contributed by atoms with Crippen LogP contribution >= 0.6 is 0 Å². The number of anilines is 1. The maximum absolute atomic E-state index is 13.3. The summed E-state index contributed by atoms with van der Waals surface area (Å²) >= 11 is 0. The predicted octanol–water partition coefficient (Wildman–Crippen LogP) is 4.35. The van der Waals surface area contributed by atoms with E-state index in [-0.39, 0.29) is 22.8 Å². The van der Waals surface area contributed by atoms with Crippen LogP contribution in [-0.4, -0.2) is 32.0 Å². The van der Waals surface area contributed by atoms with E-state index in [1.54, 1.807) is 59.2 Å². The Balaban J connectivity index is 1.64. The molecule has 1 amide bonds. The van der Waals surface area contributed by atoms with Crippen molar-refractivity contribution < 1.29 is 22.7 Å². The van der Waals surface area contributed by atoms with Gasteiger partial charge < -0.3 is 14.6 Å². The van der Waals surface area contributed by atoms with E-state index in [2.05, 4.69) is 5.32 Å². The molecular weight excluding hydrogens is 452 g/mol. The fourth-order valence-corrected chi connectivity index (χ4v) is 5.48. The molecular formula is C26H24N2O5S. The Hall–Kier alpha value is -3.91. The molecule has 34 heavy (non-hydrogen) atoms. The molecule has 0 atom stereocenters. The molecule has 0 saturated heterocycles. The number of carbonyl (C=O) groups is 2. The van der Waals surface area contributed by atoms with E-state index in [1.165, 1.54) is 13.3 Å². The maximum Gasteiger partial charge on any atom is 0.339 e. The van der Waals surface area contributed by atoms with Gasteiger partial charge in [0.1, 0.15) is 6.54 Å². The summed E-state index contributed by atoms with van der Waals surface area (Å²) in [5, 5.41) is 3.28. The quantitative estimate of drug-likeness (QED) is 0.400. The molecule has 1 aromatic heterocycles. The third-order valence-corrected chi connectivity index (χ3v) is 7.16. The summed E-state index contributed by atoms with van der Waals surface area (Å²) in [4.78, 5) is 25.0. The van der Waals surface area contributed by atoms with Crippen molar-refractivity contribution in [2.24, 2.45) is 0 Å². The molecule has 174 valence electrons. The topological polar surface area (TPSA) is 94.5 Å². The Morgan fingerprint density at radius 1 is 0.971 bits per heavy atom. The summed E-state index contributed by atoms with van der Waals surface area (Å²) < 4.78 is 33.0. The number of benzene rings is 3. The smallest absolute Gasteiger partial charge is 0.339 e. The normalized spacial score (nSPS) is 11.4. The molecule has 0 bridgehead atoms. The van der Waals surface area contributed by atoms with Crippen molar-refractivity contribution in [3.63, 3.8) is 0 Å². The SMILES string of the molecule is COC(=O)c1ccccc1NC(=O)Cn1cc(S(=O)(=O)Cc2cccc(C)c2)c2ccccc21. The molecule has 1 N–H and O–H groups in total. The minimum Gasteiger partial charge on any atom is -0.465 e. The zero-order chi connectivity index (χ0) is 24.3. The van der Waals surface area contributed by atoms with Gasteiger partial charge in [0.15, 0.2) is 9.84 Å². The first kappa shape index (κ1) is 23.3. The van der Waals surface area contributed by atoms with Crippen LogP contribution in [0.15, 0.2) is 83.9 Å². The number of ether oxygens (including phenoxy) is 1. The lowest BCUT2D eigenvalue weighted by molar-refractivity contribution is -0.116. The second kappa shape index (κ2) is 9.52. The van der Waals surface area contributed by atoms with Crippen molar-refractivity contribution in [1.29, 1.82) is 0 Å². The van der Waals surface area contributed by atoms with Crippen LogP contribution in [0.3, 0.4) is 0 Å². The number of carbonyl (C=O) groups excluding carboxylic acids is 2. The van der Waals surface area contributed by atoms with Crippen molar-refractivity contribution in [2.45, 2.75) is 24.1 Å². The first-order chi connectivity index (χ1) is 16.3. The molecule has 4 rings (SSSR count). The first-order valence-electron chi connectivity index (χ1n) is 10.6. The van der Waals surface area contributed by atoms with Crippen molar-refractivity contribution >= 4 is 38.3 Å². The van der Waals surface area contributed by atoms with Gasteiger partial charge in [-0.3, -0.25) is 4.79 Å². The van der Waals surface area contributed by atoms with Gasteiger partial charge in [0.05, 0.1) is 29.0 Å². The Kier molecular flexibility index (Phi) is 6.51. The molecule has 0 aliphatic rings. The van der Waals surface area contributed by atoms with Crippen LogP contribution in [0, 0.1) is 6.92 Å². The van der Waals surface area contributed by atoms with Gasteiger partial charge in [-0.1, -0.05) is 60.2 Å². The number of methoxy groups -OCH3 is 1. The fraction of sp³-hybridized carbons (Fsp3) is 0.154. The minimum atomic E-state index is -3.67. The van der Waals surface area contributed by atoms with Crippen LogP contribution in [0.25, 0.3) is 10.9 Å². The van der Waals surface area contributed by atoms with Crippen LogP contribution in [-0.2, 0) is 31.7 Å². The van der Waals surface area contributed by atoms with Crippen molar-refractivity contribution in [2.75, 3.05) is 12.4 Å².